The van der Waals surface area contributed by atoms with Crippen molar-refractivity contribution in [1.29, 1.82) is 0 Å². The van der Waals surface area contributed by atoms with Gasteiger partial charge in [0.05, 0.1) is 11.9 Å². The van der Waals surface area contributed by atoms with Gasteiger partial charge in [0.1, 0.15) is 17.9 Å². The number of nitrogens with one attached hydrogen (secondary N) is 1. The van der Waals surface area contributed by atoms with Crippen LogP contribution in [0.2, 0.25) is 0 Å². The van der Waals surface area contributed by atoms with Crippen LogP contribution < -0.4 is 10.1 Å². The minimum absolute atomic E-state index is 0.152. The molecule has 7 nitrogen and oxygen atoms in total. The predicted octanol–water partition coefficient (Wildman–Crippen LogP) is 3.90. The molecule has 0 aliphatic carbocycles. The van der Waals surface area contributed by atoms with Gasteiger partial charge in [-0.3, -0.25) is 4.98 Å². The average molecular weight is 369 g/mol. The summed E-state index contributed by atoms with van der Waals surface area (Å²) >= 11 is 0. The molecular formula is C21H15N5O2. The van der Waals surface area contributed by atoms with Crippen LogP contribution in [0.5, 0.6) is 5.75 Å². The number of hydrogen-bond acceptors (Lipinski definition) is 7. The second-order valence-corrected chi connectivity index (χ2v) is 5.78. The van der Waals surface area contributed by atoms with E-state index in [1.807, 2.05) is 36.4 Å². The zero-order chi connectivity index (χ0) is 19.2. The Balaban J connectivity index is 1.44. The van der Waals surface area contributed by atoms with Crippen molar-refractivity contribution in [3.8, 4) is 17.0 Å². The van der Waals surface area contributed by atoms with Crippen molar-refractivity contribution in [3.05, 3.63) is 91.3 Å². The number of carbonyl (C=O) groups is 1. The summed E-state index contributed by atoms with van der Waals surface area (Å²) in [6.45, 7) is 0. The maximum Gasteiger partial charge on any atom is 0.363 e. The summed E-state index contributed by atoms with van der Waals surface area (Å²) < 4.78 is 5.29. The SMILES string of the molecule is O=C(Oc1ccc(Nc2cc(-c3ccccc3)ncn2)cc1)c1cnccn1. The largest absolute Gasteiger partial charge is 0.422 e. The lowest BCUT2D eigenvalue weighted by atomic mass is 10.1. The Bertz CT molecular complexity index is 1070. The Hall–Kier alpha value is -4.13. The molecule has 0 atom stereocenters. The zero-order valence-electron chi connectivity index (χ0n) is 14.7. The molecule has 7 heteroatoms. The first kappa shape index (κ1) is 17.3. The normalized spacial score (nSPS) is 10.3. The van der Waals surface area contributed by atoms with E-state index in [1.54, 1.807) is 24.3 Å². The monoisotopic (exact) mass is 369 g/mol. The number of aromatic nitrogens is 4. The molecule has 136 valence electrons. The smallest absolute Gasteiger partial charge is 0.363 e. The van der Waals surface area contributed by atoms with Crippen LogP contribution in [0.4, 0.5) is 11.5 Å². The third-order valence-electron chi connectivity index (χ3n) is 3.85. The van der Waals surface area contributed by atoms with Crippen molar-refractivity contribution in [2.75, 3.05) is 5.32 Å². The van der Waals surface area contributed by atoms with Gasteiger partial charge in [0.25, 0.3) is 0 Å². The Morgan fingerprint density at radius 2 is 1.71 bits per heavy atom. The topological polar surface area (TPSA) is 89.9 Å². The Labute approximate surface area is 161 Å². The molecule has 0 aliphatic rings. The van der Waals surface area contributed by atoms with Crippen LogP contribution in [0, 0.1) is 0 Å². The van der Waals surface area contributed by atoms with Gasteiger partial charge in [-0.2, -0.15) is 0 Å². The Morgan fingerprint density at radius 3 is 2.46 bits per heavy atom. The van der Waals surface area contributed by atoms with Crippen LogP contribution in [-0.2, 0) is 0 Å². The number of hydrogen-bond donors (Lipinski definition) is 1. The zero-order valence-corrected chi connectivity index (χ0v) is 14.7. The van der Waals surface area contributed by atoms with Crippen molar-refractivity contribution in [2.24, 2.45) is 0 Å². The number of nitrogens with zero attached hydrogens (tertiary/aromatic N) is 4. The molecule has 0 amide bonds. The van der Waals surface area contributed by atoms with E-state index in [4.69, 9.17) is 4.74 Å². The van der Waals surface area contributed by atoms with Crippen LogP contribution in [0.3, 0.4) is 0 Å². The number of esters is 1. The lowest BCUT2D eigenvalue weighted by Crippen LogP contribution is -2.10. The molecule has 28 heavy (non-hydrogen) atoms. The molecule has 2 aromatic carbocycles. The predicted molar refractivity (Wildman–Crippen MR) is 104 cm³/mol. The maximum absolute atomic E-state index is 12.0. The van der Waals surface area contributed by atoms with Crippen LogP contribution in [-0.4, -0.2) is 25.9 Å². The summed E-state index contributed by atoms with van der Waals surface area (Å²) in [6.07, 6.45) is 5.81. The van der Waals surface area contributed by atoms with Crippen molar-refractivity contribution in [2.45, 2.75) is 0 Å². The summed E-state index contributed by atoms with van der Waals surface area (Å²) in [5.41, 5.74) is 2.79. The minimum Gasteiger partial charge on any atom is -0.422 e. The van der Waals surface area contributed by atoms with Gasteiger partial charge in [0.2, 0.25) is 0 Å². The van der Waals surface area contributed by atoms with Crippen LogP contribution in [0.1, 0.15) is 10.5 Å². The second kappa shape index (κ2) is 8.05. The highest BCUT2D eigenvalue weighted by Gasteiger charge is 2.10. The van der Waals surface area contributed by atoms with E-state index in [2.05, 4.69) is 25.3 Å². The number of ether oxygens (including phenoxy) is 1. The Kier molecular flexibility index (Phi) is 4.97. The van der Waals surface area contributed by atoms with Crippen LogP contribution >= 0.6 is 0 Å². The Morgan fingerprint density at radius 1 is 0.893 bits per heavy atom. The molecule has 2 heterocycles. The van der Waals surface area contributed by atoms with E-state index in [9.17, 15) is 4.79 Å². The quantitative estimate of drug-likeness (QED) is 0.421. The molecule has 0 saturated carbocycles. The van der Waals surface area contributed by atoms with Gasteiger partial charge >= 0.3 is 5.97 Å². The van der Waals surface area contributed by atoms with Gasteiger partial charge in [0, 0.05) is 29.7 Å². The van der Waals surface area contributed by atoms with E-state index in [0.29, 0.717) is 11.6 Å². The van der Waals surface area contributed by atoms with E-state index in [1.165, 1.54) is 24.9 Å². The van der Waals surface area contributed by atoms with Crippen molar-refractivity contribution in [1.82, 2.24) is 19.9 Å². The highest BCUT2D eigenvalue weighted by atomic mass is 16.5. The average Bonchev–Trinajstić information content (AvgIpc) is 2.76. The number of rotatable bonds is 5. The van der Waals surface area contributed by atoms with Gasteiger partial charge in [-0.15, -0.1) is 0 Å². The molecule has 2 aromatic heterocycles. The summed E-state index contributed by atoms with van der Waals surface area (Å²) in [7, 11) is 0. The highest BCUT2D eigenvalue weighted by Crippen LogP contribution is 2.22. The first-order chi connectivity index (χ1) is 13.8. The fourth-order valence-electron chi connectivity index (χ4n) is 2.51. The lowest BCUT2D eigenvalue weighted by Gasteiger charge is -2.08. The molecule has 1 N–H and O–H groups in total. The molecule has 4 aromatic rings. The number of carbonyl (C=O) groups excluding carboxylic acids is 1. The second-order valence-electron chi connectivity index (χ2n) is 5.78. The molecule has 0 bridgehead atoms. The third kappa shape index (κ3) is 4.16. The van der Waals surface area contributed by atoms with Gasteiger partial charge in [-0.1, -0.05) is 30.3 Å². The molecular weight excluding hydrogens is 354 g/mol. The molecule has 0 saturated heterocycles. The van der Waals surface area contributed by atoms with Gasteiger partial charge in [-0.25, -0.2) is 19.7 Å². The van der Waals surface area contributed by atoms with E-state index < -0.39 is 5.97 Å². The summed E-state index contributed by atoms with van der Waals surface area (Å²) in [5.74, 6) is 0.518. The molecule has 0 radical (unpaired) electrons. The van der Waals surface area contributed by atoms with Gasteiger partial charge in [-0.05, 0) is 24.3 Å². The van der Waals surface area contributed by atoms with E-state index in [0.717, 1.165) is 16.9 Å². The molecule has 0 fully saturated rings. The van der Waals surface area contributed by atoms with E-state index in [-0.39, 0.29) is 5.69 Å². The third-order valence-corrected chi connectivity index (χ3v) is 3.85. The minimum atomic E-state index is -0.558. The molecule has 4 rings (SSSR count). The van der Waals surface area contributed by atoms with Gasteiger partial charge < -0.3 is 10.1 Å². The molecule has 0 unspecified atom stereocenters. The fraction of sp³-hybridized carbons (Fsp3) is 0. The van der Waals surface area contributed by atoms with Crippen molar-refractivity contribution < 1.29 is 9.53 Å². The molecule has 0 aliphatic heterocycles. The van der Waals surface area contributed by atoms with Gasteiger partial charge in [0.15, 0.2) is 5.69 Å². The van der Waals surface area contributed by atoms with Crippen molar-refractivity contribution in [3.63, 3.8) is 0 Å². The lowest BCUT2D eigenvalue weighted by molar-refractivity contribution is 0.0728. The first-order valence-electron chi connectivity index (χ1n) is 8.51. The number of benzene rings is 2. The van der Waals surface area contributed by atoms with Crippen LogP contribution in [0.25, 0.3) is 11.3 Å². The molecule has 0 spiro atoms. The first-order valence-corrected chi connectivity index (χ1v) is 8.51. The number of anilines is 2. The van der Waals surface area contributed by atoms with Crippen molar-refractivity contribution >= 4 is 17.5 Å². The summed E-state index contributed by atoms with van der Waals surface area (Å²) in [4.78, 5) is 28.3. The highest BCUT2D eigenvalue weighted by molar-refractivity contribution is 5.88. The van der Waals surface area contributed by atoms with Crippen LogP contribution in [0.15, 0.2) is 85.6 Å². The fourth-order valence-corrected chi connectivity index (χ4v) is 2.51. The standard InChI is InChI=1S/C21H15N5O2/c27-21(19-13-22-10-11-23-19)28-17-8-6-16(7-9-17)26-20-12-18(24-14-25-20)15-4-2-1-3-5-15/h1-14H,(H,24,25,26). The maximum atomic E-state index is 12.0. The summed E-state index contributed by atoms with van der Waals surface area (Å²) in [6, 6.07) is 18.7. The van der Waals surface area contributed by atoms with E-state index >= 15 is 0 Å². The summed E-state index contributed by atoms with van der Waals surface area (Å²) in [5, 5.41) is 3.21.